The molecule has 0 saturated carbocycles. The molecule has 0 bridgehead atoms. The number of hydrogen-bond donors (Lipinski definition) is 1. The zero-order chi connectivity index (χ0) is 8.10. The Kier molecular flexibility index (Phi) is 2.80. The van der Waals surface area contributed by atoms with E-state index in [1.807, 2.05) is 0 Å². The van der Waals surface area contributed by atoms with Gasteiger partial charge >= 0.3 is 0 Å². The lowest BCUT2D eigenvalue weighted by Gasteiger charge is -1.98. The molecule has 0 radical (unpaired) electrons. The first-order chi connectivity index (χ1) is 5.33. The van der Waals surface area contributed by atoms with Crippen molar-refractivity contribution in [3.05, 3.63) is 18.5 Å². The average Bonchev–Trinajstić information content (AvgIpc) is 2.06. The van der Waals surface area contributed by atoms with Crippen LogP contribution in [0.4, 0.5) is 5.69 Å². The first kappa shape index (κ1) is 7.94. The van der Waals surface area contributed by atoms with Gasteiger partial charge in [-0.3, -0.25) is 4.79 Å². The third-order valence-corrected chi connectivity index (χ3v) is 1.23. The van der Waals surface area contributed by atoms with Gasteiger partial charge in [-0.05, 0) is 6.07 Å². The van der Waals surface area contributed by atoms with Crippen LogP contribution in [-0.4, -0.2) is 22.0 Å². The Morgan fingerprint density at radius 1 is 1.64 bits per heavy atom. The van der Waals surface area contributed by atoms with E-state index in [2.05, 4.69) is 15.5 Å². The van der Waals surface area contributed by atoms with E-state index in [-0.39, 0.29) is 11.8 Å². The van der Waals surface area contributed by atoms with E-state index in [4.69, 9.17) is 11.6 Å². The minimum absolute atomic E-state index is 0.0533. The number of nitrogens with one attached hydrogen (secondary N) is 1. The highest BCUT2D eigenvalue weighted by molar-refractivity contribution is 6.29. The normalized spacial score (nSPS) is 9.18. The first-order valence-electron chi connectivity index (χ1n) is 2.95. The molecule has 1 heterocycles. The van der Waals surface area contributed by atoms with Gasteiger partial charge in [-0.15, -0.1) is 11.6 Å². The van der Waals surface area contributed by atoms with Crippen molar-refractivity contribution in [3.8, 4) is 0 Å². The van der Waals surface area contributed by atoms with Gasteiger partial charge in [-0.1, -0.05) is 0 Å². The molecule has 5 heteroatoms. The number of rotatable bonds is 2. The van der Waals surface area contributed by atoms with Crippen LogP contribution >= 0.6 is 11.6 Å². The molecule has 0 saturated heterocycles. The SMILES string of the molecule is O=C(CCl)Nc1ccnnc1. The minimum atomic E-state index is -0.250. The highest BCUT2D eigenvalue weighted by Gasteiger charge is 1.97. The fourth-order valence-corrected chi connectivity index (χ4v) is 0.626. The summed E-state index contributed by atoms with van der Waals surface area (Å²) in [6, 6.07) is 1.64. The highest BCUT2D eigenvalue weighted by Crippen LogP contribution is 2.00. The lowest BCUT2D eigenvalue weighted by Crippen LogP contribution is -2.12. The standard InChI is InChI=1S/C6H6ClN3O/c7-3-6(11)10-5-1-2-8-9-4-5/h1-2,4H,3H2,(H,8,10,11). The molecule has 1 N–H and O–H groups in total. The van der Waals surface area contributed by atoms with Crippen molar-refractivity contribution in [1.82, 2.24) is 10.2 Å². The largest absolute Gasteiger partial charge is 0.324 e. The number of aromatic nitrogens is 2. The van der Waals surface area contributed by atoms with E-state index < -0.39 is 0 Å². The summed E-state index contributed by atoms with van der Waals surface area (Å²) in [7, 11) is 0. The molecule has 1 aromatic rings. The third-order valence-electron chi connectivity index (χ3n) is 0.989. The Morgan fingerprint density at radius 2 is 2.45 bits per heavy atom. The van der Waals surface area contributed by atoms with Gasteiger partial charge in [0.2, 0.25) is 5.91 Å². The zero-order valence-electron chi connectivity index (χ0n) is 5.62. The Bertz CT molecular complexity index is 239. The van der Waals surface area contributed by atoms with Gasteiger partial charge in [0.25, 0.3) is 0 Å². The molecule has 0 aliphatic heterocycles. The van der Waals surface area contributed by atoms with Crippen LogP contribution in [0.25, 0.3) is 0 Å². The van der Waals surface area contributed by atoms with E-state index in [0.717, 1.165) is 0 Å². The maximum absolute atomic E-state index is 10.7. The van der Waals surface area contributed by atoms with Crippen LogP contribution < -0.4 is 5.32 Å². The van der Waals surface area contributed by atoms with Gasteiger partial charge in [0.15, 0.2) is 0 Å². The van der Waals surface area contributed by atoms with E-state index in [1.54, 1.807) is 6.07 Å². The van der Waals surface area contributed by atoms with Crippen molar-refractivity contribution in [1.29, 1.82) is 0 Å². The fraction of sp³-hybridized carbons (Fsp3) is 0.167. The van der Waals surface area contributed by atoms with Gasteiger partial charge in [0.05, 0.1) is 18.1 Å². The van der Waals surface area contributed by atoms with Crippen molar-refractivity contribution in [2.45, 2.75) is 0 Å². The summed E-state index contributed by atoms with van der Waals surface area (Å²) in [4.78, 5) is 10.7. The van der Waals surface area contributed by atoms with E-state index >= 15 is 0 Å². The predicted octanol–water partition coefficient (Wildman–Crippen LogP) is 0.654. The quantitative estimate of drug-likeness (QED) is 0.665. The number of nitrogens with zero attached hydrogens (tertiary/aromatic N) is 2. The molecular weight excluding hydrogens is 166 g/mol. The smallest absolute Gasteiger partial charge is 0.239 e. The van der Waals surface area contributed by atoms with Crippen LogP contribution in [0.2, 0.25) is 0 Å². The van der Waals surface area contributed by atoms with Crippen LogP contribution in [0.5, 0.6) is 0 Å². The van der Waals surface area contributed by atoms with E-state index in [1.165, 1.54) is 12.4 Å². The molecule has 0 unspecified atom stereocenters. The minimum Gasteiger partial charge on any atom is -0.324 e. The summed E-state index contributed by atoms with van der Waals surface area (Å²) < 4.78 is 0. The van der Waals surface area contributed by atoms with E-state index in [9.17, 15) is 4.79 Å². The Labute approximate surface area is 68.6 Å². The van der Waals surface area contributed by atoms with Gasteiger partial charge in [-0.25, -0.2) is 0 Å². The number of hydrogen-bond acceptors (Lipinski definition) is 3. The van der Waals surface area contributed by atoms with Gasteiger partial charge < -0.3 is 5.32 Å². The molecular formula is C6H6ClN3O. The number of halogens is 1. The van der Waals surface area contributed by atoms with Gasteiger partial charge in [-0.2, -0.15) is 10.2 Å². The number of anilines is 1. The van der Waals surface area contributed by atoms with Crippen molar-refractivity contribution in [2.24, 2.45) is 0 Å². The van der Waals surface area contributed by atoms with Gasteiger partial charge in [0, 0.05) is 0 Å². The van der Waals surface area contributed by atoms with Gasteiger partial charge in [0.1, 0.15) is 5.88 Å². The van der Waals surface area contributed by atoms with Crippen LogP contribution in [0.15, 0.2) is 18.5 Å². The molecule has 0 fully saturated rings. The molecule has 0 spiro atoms. The number of carbonyl (C=O) groups is 1. The molecule has 0 aromatic carbocycles. The van der Waals surface area contributed by atoms with Crippen molar-refractivity contribution in [2.75, 3.05) is 11.2 Å². The number of amides is 1. The second-order valence-corrected chi connectivity index (χ2v) is 2.08. The molecule has 0 aliphatic rings. The van der Waals surface area contributed by atoms with Crippen molar-refractivity contribution < 1.29 is 4.79 Å². The lowest BCUT2D eigenvalue weighted by atomic mass is 10.4. The number of alkyl halides is 1. The summed E-state index contributed by atoms with van der Waals surface area (Å²) in [5, 5.41) is 9.63. The molecule has 1 rings (SSSR count). The molecule has 0 atom stereocenters. The highest BCUT2D eigenvalue weighted by atomic mass is 35.5. The topological polar surface area (TPSA) is 54.9 Å². The van der Waals surface area contributed by atoms with Crippen LogP contribution in [0.3, 0.4) is 0 Å². The molecule has 11 heavy (non-hydrogen) atoms. The maximum atomic E-state index is 10.7. The summed E-state index contributed by atoms with van der Waals surface area (Å²) in [5.41, 5.74) is 0.602. The third kappa shape index (κ3) is 2.51. The second-order valence-electron chi connectivity index (χ2n) is 1.81. The molecule has 0 aliphatic carbocycles. The summed E-state index contributed by atoms with van der Waals surface area (Å²) in [6.07, 6.45) is 2.94. The predicted molar refractivity (Wildman–Crippen MR) is 41.4 cm³/mol. The Morgan fingerprint density at radius 3 is 3.00 bits per heavy atom. The molecule has 4 nitrogen and oxygen atoms in total. The summed E-state index contributed by atoms with van der Waals surface area (Å²) in [5.74, 6) is -0.304. The van der Waals surface area contributed by atoms with Crippen molar-refractivity contribution >= 4 is 23.2 Å². The van der Waals surface area contributed by atoms with Crippen LogP contribution in [0, 0.1) is 0 Å². The molecule has 58 valence electrons. The van der Waals surface area contributed by atoms with Crippen LogP contribution in [-0.2, 0) is 4.79 Å². The van der Waals surface area contributed by atoms with Crippen LogP contribution in [0.1, 0.15) is 0 Å². The monoisotopic (exact) mass is 171 g/mol. The summed E-state index contributed by atoms with van der Waals surface area (Å²) in [6.45, 7) is 0. The second kappa shape index (κ2) is 3.88. The molecule has 1 aromatic heterocycles. The average molecular weight is 172 g/mol. The van der Waals surface area contributed by atoms with E-state index in [0.29, 0.717) is 5.69 Å². The molecule has 1 amide bonds. The maximum Gasteiger partial charge on any atom is 0.239 e. The Balaban J connectivity index is 2.58. The summed E-state index contributed by atoms with van der Waals surface area (Å²) >= 11 is 5.25. The lowest BCUT2D eigenvalue weighted by molar-refractivity contribution is -0.113. The Hall–Kier alpha value is -1.16. The zero-order valence-corrected chi connectivity index (χ0v) is 6.38. The fourth-order valence-electron chi connectivity index (χ4n) is 0.559. The first-order valence-corrected chi connectivity index (χ1v) is 3.49. The van der Waals surface area contributed by atoms with Crippen molar-refractivity contribution in [3.63, 3.8) is 0 Å². The number of carbonyl (C=O) groups excluding carboxylic acids is 1.